The summed E-state index contributed by atoms with van der Waals surface area (Å²) in [4.78, 5) is 25.7. The number of carbonyl (C=O) groups excluding carboxylic acids is 2. The summed E-state index contributed by atoms with van der Waals surface area (Å²) >= 11 is 0. The van der Waals surface area contributed by atoms with Crippen LogP contribution in [0.25, 0.3) is 0 Å². The second-order valence-corrected chi connectivity index (χ2v) is 8.84. The largest absolute Gasteiger partial charge is 0.496 e. The third kappa shape index (κ3) is 4.64. The fourth-order valence-electron chi connectivity index (χ4n) is 3.26. The highest BCUT2D eigenvalue weighted by atomic mass is 32.2. The molecule has 2 aromatic rings. The quantitative estimate of drug-likeness (QED) is 0.583. The van der Waals surface area contributed by atoms with Crippen LogP contribution in [0.2, 0.25) is 0 Å². The molecule has 9 nitrogen and oxygen atoms in total. The van der Waals surface area contributed by atoms with Gasteiger partial charge in [0, 0.05) is 19.9 Å². The summed E-state index contributed by atoms with van der Waals surface area (Å²) < 4.78 is 37.5. The normalized spacial score (nSPS) is 11.3. The topological polar surface area (TPSA) is 108 Å². The van der Waals surface area contributed by atoms with Crippen molar-refractivity contribution in [3.05, 3.63) is 34.6 Å². The fraction of sp³-hybridized carbons (Fsp3) is 0.450. The Morgan fingerprint density at radius 2 is 1.67 bits per heavy atom. The Labute approximate surface area is 176 Å². The molecule has 1 aromatic carbocycles. The first-order valence-electron chi connectivity index (χ1n) is 9.21. The van der Waals surface area contributed by atoms with Crippen LogP contribution < -0.4 is 13.8 Å². The Hall–Kier alpha value is -2.88. The van der Waals surface area contributed by atoms with E-state index in [1.807, 2.05) is 6.92 Å². The third-order valence-corrected chi connectivity index (χ3v) is 5.86. The van der Waals surface area contributed by atoms with Crippen molar-refractivity contribution in [1.29, 1.82) is 0 Å². The molecule has 0 bridgehead atoms. The SMILES string of the molecule is COc1cc(C(=O)CCC(=O)N(c2c(C)nn(C)c2C)S(C)(=O)=O)c(OC)cc1C. The minimum absolute atomic E-state index is 0.189. The number of methoxy groups -OCH3 is 2. The van der Waals surface area contributed by atoms with Gasteiger partial charge in [0.05, 0.1) is 37.4 Å². The monoisotopic (exact) mass is 437 g/mol. The molecule has 0 N–H and O–H groups in total. The van der Waals surface area contributed by atoms with E-state index in [0.717, 1.165) is 16.1 Å². The van der Waals surface area contributed by atoms with E-state index in [4.69, 9.17) is 9.47 Å². The molecule has 0 saturated carbocycles. The number of ketones is 1. The van der Waals surface area contributed by atoms with E-state index in [1.165, 1.54) is 18.9 Å². The van der Waals surface area contributed by atoms with E-state index in [0.29, 0.717) is 22.9 Å². The van der Waals surface area contributed by atoms with Crippen molar-refractivity contribution < 1.29 is 27.5 Å². The summed E-state index contributed by atoms with van der Waals surface area (Å²) in [5, 5.41) is 4.18. The van der Waals surface area contributed by atoms with E-state index >= 15 is 0 Å². The number of rotatable bonds is 8. The van der Waals surface area contributed by atoms with Crippen LogP contribution in [0.3, 0.4) is 0 Å². The second kappa shape index (κ2) is 8.86. The molecule has 1 heterocycles. The van der Waals surface area contributed by atoms with Gasteiger partial charge in [-0.05, 0) is 38.5 Å². The first-order chi connectivity index (χ1) is 13.9. The van der Waals surface area contributed by atoms with Gasteiger partial charge in [-0.25, -0.2) is 12.7 Å². The number of amides is 1. The maximum Gasteiger partial charge on any atom is 0.241 e. The molecule has 10 heteroatoms. The van der Waals surface area contributed by atoms with Crippen LogP contribution in [0.4, 0.5) is 5.69 Å². The van der Waals surface area contributed by atoms with Gasteiger partial charge in [-0.3, -0.25) is 14.3 Å². The summed E-state index contributed by atoms with van der Waals surface area (Å²) in [7, 11) is 0.690. The minimum Gasteiger partial charge on any atom is -0.496 e. The number of nitrogens with zero attached hydrogens (tertiary/aromatic N) is 3. The highest BCUT2D eigenvalue weighted by Crippen LogP contribution is 2.30. The Bertz CT molecular complexity index is 1090. The maximum absolute atomic E-state index is 12.9. The van der Waals surface area contributed by atoms with Gasteiger partial charge in [-0.2, -0.15) is 5.10 Å². The fourth-order valence-corrected chi connectivity index (χ4v) is 4.31. The predicted molar refractivity (Wildman–Crippen MR) is 113 cm³/mol. The van der Waals surface area contributed by atoms with Gasteiger partial charge in [-0.1, -0.05) is 0 Å². The van der Waals surface area contributed by atoms with E-state index < -0.39 is 15.9 Å². The molecule has 0 fully saturated rings. The molecule has 30 heavy (non-hydrogen) atoms. The lowest BCUT2D eigenvalue weighted by atomic mass is 10.0. The van der Waals surface area contributed by atoms with Crippen LogP contribution in [0, 0.1) is 20.8 Å². The lowest BCUT2D eigenvalue weighted by Gasteiger charge is -2.21. The lowest BCUT2D eigenvalue weighted by Crippen LogP contribution is -2.37. The molecule has 0 aliphatic heterocycles. The second-order valence-electron chi connectivity index (χ2n) is 7.01. The third-order valence-electron chi connectivity index (χ3n) is 4.82. The Morgan fingerprint density at radius 1 is 1.07 bits per heavy atom. The van der Waals surface area contributed by atoms with E-state index in [1.54, 1.807) is 33.0 Å². The molecule has 0 atom stereocenters. The smallest absolute Gasteiger partial charge is 0.241 e. The van der Waals surface area contributed by atoms with Crippen LogP contribution in [-0.2, 0) is 21.9 Å². The highest BCUT2D eigenvalue weighted by Gasteiger charge is 2.31. The molecule has 0 saturated heterocycles. The van der Waals surface area contributed by atoms with Crippen molar-refractivity contribution in [2.45, 2.75) is 33.6 Å². The molecular formula is C20H27N3O6S. The van der Waals surface area contributed by atoms with E-state index in [9.17, 15) is 18.0 Å². The van der Waals surface area contributed by atoms with Gasteiger partial charge in [0.15, 0.2) is 5.78 Å². The molecule has 164 valence electrons. The average molecular weight is 438 g/mol. The van der Waals surface area contributed by atoms with Crippen molar-refractivity contribution in [3.8, 4) is 11.5 Å². The number of hydrogen-bond donors (Lipinski definition) is 0. The van der Waals surface area contributed by atoms with Crippen LogP contribution in [-0.4, -0.2) is 50.4 Å². The Kier molecular flexibility index (Phi) is 6.91. The molecule has 1 amide bonds. The minimum atomic E-state index is -3.92. The van der Waals surface area contributed by atoms with Gasteiger partial charge in [-0.15, -0.1) is 0 Å². The van der Waals surface area contributed by atoms with Crippen molar-refractivity contribution in [1.82, 2.24) is 9.78 Å². The summed E-state index contributed by atoms with van der Waals surface area (Å²) in [6.45, 7) is 5.12. The average Bonchev–Trinajstić information content (AvgIpc) is 2.91. The highest BCUT2D eigenvalue weighted by molar-refractivity contribution is 7.92. The van der Waals surface area contributed by atoms with Crippen molar-refractivity contribution >= 4 is 27.4 Å². The molecule has 0 radical (unpaired) electrons. The molecular weight excluding hydrogens is 410 g/mol. The first-order valence-corrected chi connectivity index (χ1v) is 11.1. The number of anilines is 1. The van der Waals surface area contributed by atoms with Gasteiger partial charge in [0.2, 0.25) is 15.9 Å². The van der Waals surface area contributed by atoms with E-state index in [-0.39, 0.29) is 29.9 Å². The Morgan fingerprint density at radius 3 is 2.13 bits per heavy atom. The Balaban J connectivity index is 2.31. The van der Waals surface area contributed by atoms with Crippen LogP contribution in [0.1, 0.15) is 40.2 Å². The van der Waals surface area contributed by atoms with E-state index in [2.05, 4.69) is 5.10 Å². The number of aromatic nitrogens is 2. The molecule has 0 aliphatic rings. The number of aryl methyl sites for hydroxylation is 3. The molecule has 0 unspecified atom stereocenters. The van der Waals surface area contributed by atoms with Crippen LogP contribution in [0.15, 0.2) is 12.1 Å². The number of Topliss-reactive ketones (excluding diaryl/α,β-unsaturated/α-hetero) is 1. The standard InChI is InChI=1S/C20H27N3O6S/c1-12-10-18(29-6)15(11-17(12)28-5)16(24)8-9-19(25)23(30(7,26)27)20-13(2)21-22(4)14(20)3/h10-11H,8-9H2,1-7H3. The van der Waals surface area contributed by atoms with Crippen molar-refractivity contribution in [3.63, 3.8) is 0 Å². The number of hydrogen-bond acceptors (Lipinski definition) is 7. The van der Waals surface area contributed by atoms with Gasteiger partial charge < -0.3 is 9.47 Å². The summed E-state index contributed by atoms with van der Waals surface area (Å²) in [6, 6.07) is 3.24. The van der Waals surface area contributed by atoms with Gasteiger partial charge in [0.25, 0.3) is 0 Å². The number of carbonyl (C=O) groups is 2. The lowest BCUT2D eigenvalue weighted by molar-refractivity contribution is -0.117. The van der Waals surface area contributed by atoms with Crippen molar-refractivity contribution in [2.24, 2.45) is 7.05 Å². The summed E-state index contributed by atoms with van der Waals surface area (Å²) in [5.74, 6) is -0.177. The number of ether oxygens (including phenoxy) is 2. The summed E-state index contributed by atoms with van der Waals surface area (Å²) in [6.07, 6.45) is 0.470. The summed E-state index contributed by atoms with van der Waals surface area (Å²) in [5.41, 5.74) is 2.22. The zero-order valence-electron chi connectivity index (χ0n) is 18.3. The maximum atomic E-state index is 12.9. The zero-order valence-corrected chi connectivity index (χ0v) is 19.1. The number of sulfonamides is 1. The molecule has 0 aliphatic carbocycles. The molecule has 1 aromatic heterocycles. The zero-order chi connectivity index (χ0) is 22.8. The predicted octanol–water partition coefficient (Wildman–Crippen LogP) is 2.32. The van der Waals surface area contributed by atoms with Gasteiger partial charge >= 0.3 is 0 Å². The van der Waals surface area contributed by atoms with Crippen LogP contribution >= 0.6 is 0 Å². The van der Waals surface area contributed by atoms with Crippen LogP contribution in [0.5, 0.6) is 11.5 Å². The molecule has 2 rings (SSSR count). The van der Waals surface area contributed by atoms with Gasteiger partial charge in [0.1, 0.15) is 17.2 Å². The van der Waals surface area contributed by atoms with Crippen molar-refractivity contribution in [2.75, 3.05) is 24.8 Å². The molecule has 0 spiro atoms. The number of benzene rings is 1. The first kappa shape index (κ1) is 23.4.